The number of hydrogen-bond donors (Lipinski definition) is 1. The highest BCUT2D eigenvalue weighted by atomic mass is 35.5. The normalized spacial score (nSPS) is 13.4. The van der Waals surface area contributed by atoms with E-state index in [2.05, 4.69) is 38.1 Å². The topological polar surface area (TPSA) is 86.3 Å². The molecule has 1 aliphatic carbocycles. The lowest BCUT2D eigenvalue weighted by Gasteiger charge is -2.06. The minimum absolute atomic E-state index is 0.205. The first-order valence-corrected chi connectivity index (χ1v) is 11.5. The SMILES string of the molecule is O=C(NCc1cccc(Cl)c1)Oc1nccc2nn(Cc3cn4cc(C5CC5)ccc4n3)cc12. The molecule has 1 amide bonds. The van der Waals surface area contributed by atoms with Crippen LogP contribution in [-0.4, -0.2) is 30.2 Å². The van der Waals surface area contributed by atoms with Gasteiger partial charge in [-0.05, 0) is 54.2 Å². The van der Waals surface area contributed by atoms with Crippen molar-refractivity contribution in [2.75, 3.05) is 0 Å². The first-order chi connectivity index (χ1) is 16.6. The number of halogens is 1. The molecule has 1 aromatic carbocycles. The van der Waals surface area contributed by atoms with Gasteiger partial charge in [-0.25, -0.2) is 14.8 Å². The van der Waals surface area contributed by atoms with Gasteiger partial charge in [-0.15, -0.1) is 0 Å². The third-order valence-electron chi connectivity index (χ3n) is 5.86. The molecule has 1 fully saturated rings. The van der Waals surface area contributed by atoms with E-state index in [4.69, 9.17) is 21.3 Å². The van der Waals surface area contributed by atoms with Gasteiger partial charge in [0.1, 0.15) is 5.65 Å². The van der Waals surface area contributed by atoms with Crippen LogP contribution in [0.2, 0.25) is 5.02 Å². The van der Waals surface area contributed by atoms with Gasteiger partial charge in [-0.2, -0.15) is 5.10 Å². The van der Waals surface area contributed by atoms with Gasteiger partial charge in [-0.1, -0.05) is 29.8 Å². The molecule has 0 spiro atoms. The van der Waals surface area contributed by atoms with Crippen LogP contribution in [-0.2, 0) is 13.1 Å². The van der Waals surface area contributed by atoms with Gasteiger partial charge in [0.05, 0.1) is 23.1 Å². The molecule has 170 valence electrons. The lowest BCUT2D eigenvalue weighted by molar-refractivity contribution is 0.199. The van der Waals surface area contributed by atoms with Crippen molar-refractivity contribution >= 4 is 34.2 Å². The van der Waals surface area contributed by atoms with Crippen molar-refractivity contribution in [3.63, 3.8) is 0 Å². The maximum Gasteiger partial charge on any atom is 0.414 e. The van der Waals surface area contributed by atoms with E-state index in [-0.39, 0.29) is 5.88 Å². The Balaban J connectivity index is 1.17. The third-order valence-corrected chi connectivity index (χ3v) is 6.09. The molecule has 0 unspecified atom stereocenters. The average Bonchev–Trinajstić information content (AvgIpc) is 3.47. The van der Waals surface area contributed by atoms with Crippen LogP contribution < -0.4 is 10.1 Å². The summed E-state index contributed by atoms with van der Waals surface area (Å²) in [5.41, 5.74) is 4.74. The Bertz CT molecular complexity index is 1520. The Kier molecular flexibility index (Phi) is 5.15. The molecule has 6 rings (SSSR count). The van der Waals surface area contributed by atoms with E-state index in [0.29, 0.717) is 34.9 Å². The predicted molar refractivity (Wildman–Crippen MR) is 128 cm³/mol. The lowest BCUT2D eigenvalue weighted by atomic mass is 10.2. The van der Waals surface area contributed by atoms with E-state index in [1.165, 1.54) is 18.4 Å². The van der Waals surface area contributed by atoms with Crippen molar-refractivity contribution in [1.29, 1.82) is 0 Å². The summed E-state index contributed by atoms with van der Waals surface area (Å²) in [5, 5.41) is 8.59. The molecule has 0 atom stereocenters. The molecule has 4 heterocycles. The fraction of sp³-hybridized carbons (Fsp3) is 0.200. The monoisotopic (exact) mass is 472 g/mol. The number of pyridine rings is 2. The van der Waals surface area contributed by atoms with Crippen LogP contribution in [0.1, 0.15) is 35.6 Å². The zero-order chi connectivity index (χ0) is 23.1. The molecule has 0 saturated heterocycles. The Morgan fingerprint density at radius 1 is 1.15 bits per heavy atom. The van der Waals surface area contributed by atoms with Crippen LogP contribution >= 0.6 is 11.6 Å². The summed E-state index contributed by atoms with van der Waals surface area (Å²) in [6.07, 6.45) is 9.53. The van der Waals surface area contributed by atoms with Crippen molar-refractivity contribution in [3.05, 3.63) is 89.1 Å². The van der Waals surface area contributed by atoms with E-state index in [1.54, 1.807) is 29.1 Å². The molecule has 9 heteroatoms. The van der Waals surface area contributed by atoms with Crippen LogP contribution in [0.5, 0.6) is 5.88 Å². The van der Waals surface area contributed by atoms with Gasteiger partial charge in [0.2, 0.25) is 5.88 Å². The highest BCUT2D eigenvalue weighted by Gasteiger charge is 2.23. The number of aromatic nitrogens is 5. The van der Waals surface area contributed by atoms with Gasteiger partial charge in [0.15, 0.2) is 0 Å². The van der Waals surface area contributed by atoms with Crippen molar-refractivity contribution in [1.82, 2.24) is 29.5 Å². The van der Waals surface area contributed by atoms with Crippen LogP contribution in [0, 0.1) is 0 Å². The number of amides is 1. The van der Waals surface area contributed by atoms with E-state index in [1.807, 2.05) is 24.5 Å². The summed E-state index contributed by atoms with van der Waals surface area (Å²) in [4.78, 5) is 21.3. The Morgan fingerprint density at radius 3 is 2.91 bits per heavy atom. The second kappa shape index (κ2) is 8.46. The summed E-state index contributed by atoms with van der Waals surface area (Å²) >= 11 is 5.99. The minimum atomic E-state index is -0.598. The number of hydrogen-bond acceptors (Lipinski definition) is 5. The van der Waals surface area contributed by atoms with Crippen molar-refractivity contribution < 1.29 is 9.53 Å². The third kappa shape index (κ3) is 4.32. The summed E-state index contributed by atoms with van der Waals surface area (Å²) in [6, 6.07) is 13.3. The molecule has 34 heavy (non-hydrogen) atoms. The number of carbonyl (C=O) groups is 1. The lowest BCUT2D eigenvalue weighted by Crippen LogP contribution is -2.26. The van der Waals surface area contributed by atoms with E-state index >= 15 is 0 Å². The largest absolute Gasteiger partial charge is 0.414 e. The smallest absolute Gasteiger partial charge is 0.390 e. The van der Waals surface area contributed by atoms with E-state index in [0.717, 1.165) is 16.9 Å². The van der Waals surface area contributed by atoms with Gasteiger partial charge in [0, 0.05) is 36.4 Å². The number of nitrogens with zero attached hydrogens (tertiary/aromatic N) is 5. The summed E-state index contributed by atoms with van der Waals surface area (Å²) in [5.74, 6) is 0.900. The van der Waals surface area contributed by atoms with Gasteiger partial charge in [-0.3, -0.25) is 4.68 Å². The first-order valence-electron chi connectivity index (χ1n) is 11.1. The number of nitrogens with one attached hydrogen (secondary N) is 1. The zero-order valence-corrected chi connectivity index (χ0v) is 18.9. The molecule has 1 N–H and O–H groups in total. The number of benzene rings is 1. The number of rotatable bonds is 6. The summed E-state index contributed by atoms with van der Waals surface area (Å²) in [6.45, 7) is 0.792. The van der Waals surface area contributed by atoms with Crippen LogP contribution in [0.4, 0.5) is 4.79 Å². The number of carbonyl (C=O) groups excluding carboxylic acids is 1. The Hall–Kier alpha value is -3.91. The highest BCUT2D eigenvalue weighted by Crippen LogP contribution is 2.39. The molecule has 8 nitrogen and oxygen atoms in total. The standard InChI is InChI=1S/C25H21ClN6O2/c26-19-3-1-2-16(10-19)11-28-25(33)34-24-21-15-32(30-22(21)8-9-27-24)14-20-13-31-12-18(17-4-5-17)6-7-23(31)29-20/h1-3,6-10,12-13,15,17H,4-5,11,14H2,(H,28,33). The molecule has 0 aliphatic heterocycles. The molecular weight excluding hydrogens is 452 g/mol. The predicted octanol–water partition coefficient (Wildman–Crippen LogP) is 4.95. The van der Waals surface area contributed by atoms with Crippen LogP contribution in [0.3, 0.4) is 0 Å². The molecule has 1 aliphatic rings. The highest BCUT2D eigenvalue weighted by molar-refractivity contribution is 6.30. The maximum absolute atomic E-state index is 12.3. The van der Waals surface area contributed by atoms with Crippen LogP contribution in [0.15, 0.2) is 67.3 Å². The molecule has 0 radical (unpaired) electrons. The number of fused-ring (bicyclic) bond motifs is 2. The minimum Gasteiger partial charge on any atom is -0.390 e. The maximum atomic E-state index is 12.3. The Labute approximate surface area is 200 Å². The average molecular weight is 473 g/mol. The Morgan fingerprint density at radius 2 is 2.06 bits per heavy atom. The first kappa shape index (κ1) is 20.7. The molecular formula is C25H21ClN6O2. The number of imidazole rings is 1. The molecule has 0 bridgehead atoms. The zero-order valence-electron chi connectivity index (χ0n) is 18.2. The van der Waals surface area contributed by atoms with Crippen molar-refractivity contribution in [2.24, 2.45) is 0 Å². The van der Waals surface area contributed by atoms with Crippen LogP contribution in [0.25, 0.3) is 16.6 Å². The van der Waals surface area contributed by atoms with Gasteiger partial charge in [0.25, 0.3) is 0 Å². The molecule has 4 aromatic heterocycles. The van der Waals surface area contributed by atoms with Gasteiger partial charge < -0.3 is 14.5 Å². The summed E-state index contributed by atoms with van der Waals surface area (Å²) < 4.78 is 9.33. The van der Waals surface area contributed by atoms with E-state index in [9.17, 15) is 4.79 Å². The fourth-order valence-corrected chi connectivity index (χ4v) is 4.25. The summed E-state index contributed by atoms with van der Waals surface area (Å²) in [7, 11) is 0. The second-order valence-corrected chi connectivity index (χ2v) is 8.92. The van der Waals surface area contributed by atoms with Gasteiger partial charge >= 0.3 is 6.09 Å². The van der Waals surface area contributed by atoms with Crippen molar-refractivity contribution in [2.45, 2.75) is 31.8 Å². The van der Waals surface area contributed by atoms with Crippen molar-refractivity contribution in [3.8, 4) is 5.88 Å². The number of ether oxygens (including phenoxy) is 1. The molecule has 5 aromatic rings. The quantitative estimate of drug-likeness (QED) is 0.378. The second-order valence-electron chi connectivity index (χ2n) is 8.48. The molecule has 1 saturated carbocycles. The van der Waals surface area contributed by atoms with E-state index < -0.39 is 6.09 Å². The fourth-order valence-electron chi connectivity index (χ4n) is 4.04.